The smallest absolute Gasteiger partial charge is 0.326 e. The molecule has 0 radical (unpaired) electrons. The molecule has 0 spiro atoms. The number of aliphatic carboxylic acids is 1. The van der Waals surface area contributed by atoms with Gasteiger partial charge in [0.25, 0.3) is 0 Å². The van der Waals surface area contributed by atoms with E-state index in [0.29, 0.717) is 32.2 Å². The number of esters is 1. The van der Waals surface area contributed by atoms with Gasteiger partial charge in [-0.05, 0) is 57.9 Å². The van der Waals surface area contributed by atoms with E-state index in [1.165, 1.54) is 167 Å². The Morgan fingerprint density at radius 1 is 0.455 bits per heavy atom. The number of carbonyl (C=O) groups excluding carboxylic acids is 2. The van der Waals surface area contributed by atoms with Gasteiger partial charge in [0.2, 0.25) is 5.91 Å². The van der Waals surface area contributed by atoms with Gasteiger partial charge in [-0.3, -0.25) is 9.59 Å². The maximum atomic E-state index is 12.8. The second kappa shape index (κ2) is 43.5. The lowest BCUT2D eigenvalue weighted by molar-refractivity contribution is -0.150. The summed E-state index contributed by atoms with van der Waals surface area (Å²) < 4.78 is 6.07. The molecule has 0 aromatic rings. The molecule has 0 rings (SSSR count). The second-order valence-electron chi connectivity index (χ2n) is 16.9. The van der Waals surface area contributed by atoms with E-state index in [4.69, 9.17) is 10.5 Å². The summed E-state index contributed by atoms with van der Waals surface area (Å²) in [6.07, 6.45) is 47.3. The Morgan fingerprint density at radius 2 is 0.782 bits per heavy atom. The Bertz CT molecular complexity index is 837. The minimum atomic E-state index is -0.999. The molecule has 0 saturated heterocycles. The third-order valence-electron chi connectivity index (χ3n) is 11.4. The number of rotatable bonds is 45. The molecule has 0 saturated carbocycles. The number of carboxylic acid groups (broad SMARTS) is 1. The molecule has 0 heterocycles. The van der Waals surface area contributed by atoms with Crippen molar-refractivity contribution in [3.05, 3.63) is 0 Å². The standard InChI is InChI=1S/C48H94N2O5/c1-3-5-7-9-11-13-15-16-17-18-19-20-21-23-25-27-32-36-42-47(52)55-44(38-33-29-26-24-22-14-12-10-8-6-4-2)39-34-30-28-31-35-41-46(51)50-45(48(53)54)40-37-43-49/h44-45H,3-43,49H2,1-2H3,(H,50,51)(H,53,54). The van der Waals surface area contributed by atoms with Crippen molar-refractivity contribution in [2.45, 2.75) is 283 Å². The highest BCUT2D eigenvalue weighted by Crippen LogP contribution is 2.20. The van der Waals surface area contributed by atoms with E-state index in [0.717, 1.165) is 64.2 Å². The average Bonchev–Trinajstić information content (AvgIpc) is 3.17. The molecule has 326 valence electrons. The van der Waals surface area contributed by atoms with Gasteiger partial charge in [0.05, 0.1) is 0 Å². The molecule has 0 aromatic heterocycles. The SMILES string of the molecule is CCCCCCCCCCCCCCCCCCCCC(=O)OC(CCCCCCCCCCCCC)CCCCCCCC(=O)NC(CCCN)C(=O)O. The third-order valence-corrected chi connectivity index (χ3v) is 11.4. The molecule has 0 bridgehead atoms. The predicted molar refractivity (Wildman–Crippen MR) is 235 cm³/mol. The fraction of sp³-hybridized carbons (Fsp3) is 0.938. The Hall–Kier alpha value is -1.63. The fourth-order valence-electron chi connectivity index (χ4n) is 7.75. The van der Waals surface area contributed by atoms with Gasteiger partial charge < -0.3 is 20.9 Å². The van der Waals surface area contributed by atoms with Gasteiger partial charge in [-0.25, -0.2) is 4.79 Å². The van der Waals surface area contributed by atoms with Crippen LogP contribution in [0.5, 0.6) is 0 Å². The highest BCUT2D eigenvalue weighted by molar-refractivity contribution is 5.83. The van der Waals surface area contributed by atoms with Crippen molar-refractivity contribution in [3.63, 3.8) is 0 Å². The van der Waals surface area contributed by atoms with Crippen LogP contribution in [0.4, 0.5) is 0 Å². The summed E-state index contributed by atoms with van der Waals surface area (Å²) in [7, 11) is 0. The number of nitrogens with two attached hydrogens (primary N) is 1. The fourth-order valence-corrected chi connectivity index (χ4v) is 7.75. The van der Waals surface area contributed by atoms with Gasteiger partial charge in [-0.1, -0.05) is 206 Å². The normalized spacial score (nSPS) is 12.5. The summed E-state index contributed by atoms with van der Waals surface area (Å²) >= 11 is 0. The second-order valence-corrected chi connectivity index (χ2v) is 16.9. The number of hydrogen-bond donors (Lipinski definition) is 3. The molecule has 55 heavy (non-hydrogen) atoms. The van der Waals surface area contributed by atoms with E-state index >= 15 is 0 Å². The van der Waals surface area contributed by atoms with E-state index in [9.17, 15) is 19.5 Å². The number of hydrogen-bond acceptors (Lipinski definition) is 5. The topological polar surface area (TPSA) is 119 Å². The largest absolute Gasteiger partial charge is 0.480 e. The Balaban J connectivity index is 4.18. The van der Waals surface area contributed by atoms with Gasteiger partial charge in [0.15, 0.2) is 0 Å². The van der Waals surface area contributed by atoms with Crippen LogP contribution in [0.25, 0.3) is 0 Å². The number of amides is 1. The van der Waals surface area contributed by atoms with Crippen LogP contribution in [-0.2, 0) is 19.1 Å². The van der Waals surface area contributed by atoms with Crippen molar-refractivity contribution in [3.8, 4) is 0 Å². The van der Waals surface area contributed by atoms with Crippen LogP contribution in [0.3, 0.4) is 0 Å². The number of nitrogens with one attached hydrogen (secondary N) is 1. The monoisotopic (exact) mass is 779 g/mol. The number of carbonyl (C=O) groups is 3. The number of ether oxygens (including phenoxy) is 1. The van der Waals surface area contributed by atoms with Crippen molar-refractivity contribution in [1.82, 2.24) is 5.32 Å². The van der Waals surface area contributed by atoms with Crippen molar-refractivity contribution in [1.29, 1.82) is 0 Å². The summed E-state index contributed by atoms with van der Waals surface area (Å²) in [5, 5.41) is 12.0. The van der Waals surface area contributed by atoms with Crippen molar-refractivity contribution in [2.24, 2.45) is 5.73 Å². The summed E-state index contributed by atoms with van der Waals surface area (Å²) in [5.41, 5.74) is 5.49. The average molecular weight is 779 g/mol. The zero-order valence-electron chi connectivity index (χ0n) is 36.8. The van der Waals surface area contributed by atoms with E-state index < -0.39 is 12.0 Å². The minimum absolute atomic E-state index is 0.0123. The lowest BCUT2D eigenvalue weighted by Gasteiger charge is -2.18. The summed E-state index contributed by atoms with van der Waals surface area (Å²) in [6, 6.07) is -0.852. The maximum absolute atomic E-state index is 12.8. The van der Waals surface area contributed by atoms with E-state index in [1.54, 1.807) is 0 Å². The van der Waals surface area contributed by atoms with E-state index in [-0.39, 0.29) is 18.0 Å². The first-order valence-electron chi connectivity index (χ1n) is 24.4. The lowest BCUT2D eigenvalue weighted by atomic mass is 10.0. The minimum Gasteiger partial charge on any atom is -0.480 e. The van der Waals surface area contributed by atoms with Crippen LogP contribution in [0.1, 0.15) is 271 Å². The quantitative estimate of drug-likeness (QED) is 0.0418. The highest BCUT2D eigenvalue weighted by atomic mass is 16.5. The van der Waals surface area contributed by atoms with Gasteiger partial charge >= 0.3 is 11.9 Å². The van der Waals surface area contributed by atoms with Crippen molar-refractivity contribution < 1.29 is 24.2 Å². The summed E-state index contributed by atoms with van der Waals surface area (Å²) in [6.45, 7) is 4.97. The zero-order valence-corrected chi connectivity index (χ0v) is 36.8. The number of carboxylic acids is 1. The van der Waals surface area contributed by atoms with E-state index in [1.807, 2.05) is 0 Å². The van der Waals surface area contributed by atoms with Crippen LogP contribution < -0.4 is 11.1 Å². The molecule has 0 aliphatic carbocycles. The molecule has 0 aromatic carbocycles. The number of unbranched alkanes of at least 4 members (excludes halogenated alkanes) is 31. The van der Waals surface area contributed by atoms with Crippen molar-refractivity contribution >= 4 is 17.8 Å². The Morgan fingerprint density at radius 3 is 1.13 bits per heavy atom. The van der Waals surface area contributed by atoms with Gasteiger partial charge in [-0.15, -0.1) is 0 Å². The molecule has 7 nitrogen and oxygen atoms in total. The van der Waals surface area contributed by atoms with E-state index in [2.05, 4.69) is 19.2 Å². The van der Waals surface area contributed by atoms with Crippen LogP contribution >= 0.6 is 0 Å². The molecule has 0 aliphatic heterocycles. The molecule has 2 atom stereocenters. The predicted octanol–water partition coefficient (Wildman–Crippen LogP) is 14.1. The molecule has 7 heteroatoms. The molecule has 0 fully saturated rings. The first-order chi connectivity index (χ1) is 26.9. The Labute approximate surface area is 341 Å². The molecule has 1 amide bonds. The van der Waals surface area contributed by atoms with Gasteiger partial charge in [-0.2, -0.15) is 0 Å². The summed E-state index contributed by atoms with van der Waals surface area (Å²) in [4.78, 5) is 36.5. The first-order valence-corrected chi connectivity index (χ1v) is 24.4. The molecule has 2 unspecified atom stereocenters. The van der Waals surface area contributed by atoms with Crippen LogP contribution in [0.2, 0.25) is 0 Å². The Kier molecular flexibility index (Phi) is 42.2. The third kappa shape index (κ3) is 40.4. The van der Waals surface area contributed by atoms with Gasteiger partial charge in [0, 0.05) is 12.8 Å². The van der Waals surface area contributed by atoms with Crippen molar-refractivity contribution in [2.75, 3.05) is 6.54 Å². The molecule has 0 aliphatic rings. The van der Waals surface area contributed by atoms with Crippen LogP contribution in [0, 0.1) is 0 Å². The maximum Gasteiger partial charge on any atom is 0.326 e. The lowest BCUT2D eigenvalue weighted by Crippen LogP contribution is -2.40. The van der Waals surface area contributed by atoms with Crippen LogP contribution in [0.15, 0.2) is 0 Å². The van der Waals surface area contributed by atoms with Gasteiger partial charge in [0.1, 0.15) is 12.1 Å². The first kappa shape index (κ1) is 53.4. The van der Waals surface area contributed by atoms with Crippen LogP contribution in [-0.4, -0.2) is 41.6 Å². The highest BCUT2D eigenvalue weighted by Gasteiger charge is 2.19. The zero-order chi connectivity index (χ0) is 40.3. The molecule has 4 N–H and O–H groups in total. The molecular formula is C48H94N2O5. The molecular weight excluding hydrogens is 685 g/mol. The summed E-state index contributed by atoms with van der Waals surface area (Å²) in [5.74, 6) is -1.21.